The summed E-state index contributed by atoms with van der Waals surface area (Å²) in [6.07, 6.45) is 7.70. The van der Waals surface area contributed by atoms with Crippen LogP contribution in [0.4, 0.5) is 4.79 Å². The maximum Gasteiger partial charge on any atom is 0.407 e. The van der Waals surface area contributed by atoms with Crippen molar-refractivity contribution in [3.05, 3.63) is 0 Å². The second-order valence-electron chi connectivity index (χ2n) is 6.14. The lowest BCUT2D eigenvalue weighted by molar-refractivity contribution is -0.124. The van der Waals surface area contributed by atoms with E-state index in [2.05, 4.69) is 10.6 Å². The second kappa shape index (κ2) is 9.64. The van der Waals surface area contributed by atoms with Crippen molar-refractivity contribution in [3.63, 3.8) is 0 Å². The van der Waals surface area contributed by atoms with E-state index in [0.717, 1.165) is 12.8 Å². The monoisotopic (exact) mass is 298 g/mol. The second-order valence-corrected chi connectivity index (χ2v) is 6.14. The van der Waals surface area contributed by atoms with Crippen LogP contribution in [0.3, 0.4) is 0 Å². The quantitative estimate of drug-likeness (QED) is 0.820. The van der Waals surface area contributed by atoms with Crippen LogP contribution >= 0.6 is 0 Å². The predicted octanol–water partition coefficient (Wildman–Crippen LogP) is 2.99. The minimum Gasteiger partial charge on any atom is -0.450 e. The number of hydrogen-bond donors (Lipinski definition) is 2. The van der Waals surface area contributed by atoms with Crippen LogP contribution in [0.5, 0.6) is 0 Å². The zero-order valence-electron chi connectivity index (χ0n) is 13.6. The minimum absolute atomic E-state index is 0.0305. The van der Waals surface area contributed by atoms with Crippen LogP contribution in [0.1, 0.15) is 65.7 Å². The van der Waals surface area contributed by atoms with Gasteiger partial charge in [-0.25, -0.2) is 4.79 Å². The zero-order chi connectivity index (χ0) is 15.7. The van der Waals surface area contributed by atoms with Crippen molar-refractivity contribution >= 4 is 12.0 Å². The molecular weight excluding hydrogens is 268 g/mol. The van der Waals surface area contributed by atoms with Gasteiger partial charge in [0.05, 0.1) is 6.61 Å². The Balaban J connectivity index is 2.52. The molecule has 1 aliphatic carbocycles. The maximum atomic E-state index is 12.4. The molecule has 0 saturated heterocycles. The molecule has 0 bridgehead atoms. The molecule has 1 rings (SSSR count). The van der Waals surface area contributed by atoms with Crippen LogP contribution in [0.25, 0.3) is 0 Å². The fourth-order valence-electron chi connectivity index (χ4n) is 2.73. The number of amides is 2. The highest BCUT2D eigenvalue weighted by atomic mass is 16.5. The van der Waals surface area contributed by atoms with Gasteiger partial charge in [-0.05, 0) is 25.7 Å². The van der Waals surface area contributed by atoms with Crippen LogP contribution in [0, 0.1) is 5.92 Å². The fourth-order valence-corrected chi connectivity index (χ4v) is 2.73. The van der Waals surface area contributed by atoms with E-state index in [1.165, 1.54) is 32.1 Å². The molecule has 0 aromatic carbocycles. The Morgan fingerprint density at radius 1 is 1.10 bits per heavy atom. The van der Waals surface area contributed by atoms with Crippen LogP contribution < -0.4 is 10.6 Å². The van der Waals surface area contributed by atoms with E-state index >= 15 is 0 Å². The van der Waals surface area contributed by atoms with E-state index < -0.39 is 12.1 Å². The Morgan fingerprint density at radius 3 is 2.19 bits per heavy atom. The summed E-state index contributed by atoms with van der Waals surface area (Å²) in [6.45, 7) is 5.91. The van der Waals surface area contributed by atoms with Gasteiger partial charge in [0.25, 0.3) is 0 Å². The number of carbonyl (C=O) groups excluding carboxylic acids is 2. The van der Waals surface area contributed by atoms with Crippen molar-refractivity contribution in [3.8, 4) is 0 Å². The van der Waals surface area contributed by atoms with E-state index in [1.807, 2.05) is 13.8 Å². The van der Waals surface area contributed by atoms with Gasteiger partial charge in [0.2, 0.25) is 5.91 Å². The Hall–Kier alpha value is -1.26. The lowest BCUT2D eigenvalue weighted by Gasteiger charge is -2.26. The highest BCUT2D eigenvalue weighted by Gasteiger charge is 2.26. The topological polar surface area (TPSA) is 67.4 Å². The summed E-state index contributed by atoms with van der Waals surface area (Å²) in [4.78, 5) is 24.0. The van der Waals surface area contributed by atoms with Gasteiger partial charge in [0, 0.05) is 6.04 Å². The maximum absolute atomic E-state index is 12.4. The van der Waals surface area contributed by atoms with Crippen molar-refractivity contribution < 1.29 is 14.3 Å². The molecule has 1 aliphatic rings. The Morgan fingerprint density at radius 2 is 1.67 bits per heavy atom. The third-order valence-electron chi connectivity index (χ3n) is 3.95. The summed E-state index contributed by atoms with van der Waals surface area (Å²) < 4.78 is 4.87. The standard InChI is InChI=1S/C16H30N2O3/c1-4-21-16(20)18-14(12(2)3)15(19)17-13-10-8-6-5-7-9-11-13/h12-14H,4-11H2,1-3H3,(H,17,19)(H,18,20). The van der Waals surface area contributed by atoms with Crippen LogP contribution in [0.15, 0.2) is 0 Å². The molecular formula is C16H30N2O3. The lowest BCUT2D eigenvalue weighted by Crippen LogP contribution is -2.52. The molecule has 0 aromatic rings. The van der Waals surface area contributed by atoms with E-state index in [9.17, 15) is 9.59 Å². The smallest absolute Gasteiger partial charge is 0.407 e. The average molecular weight is 298 g/mol. The summed E-state index contributed by atoms with van der Waals surface area (Å²) in [7, 11) is 0. The van der Waals surface area contributed by atoms with Crippen molar-refractivity contribution in [2.75, 3.05) is 6.61 Å². The van der Waals surface area contributed by atoms with Gasteiger partial charge in [0.15, 0.2) is 0 Å². The van der Waals surface area contributed by atoms with Gasteiger partial charge in [-0.2, -0.15) is 0 Å². The van der Waals surface area contributed by atoms with Crippen molar-refractivity contribution in [2.45, 2.75) is 77.8 Å². The number of alkyl carbamates (subject to hydrolysis) is 1. The van der Waals surface area contributed by atoms with Crippen molar-refractivity contribution in [1.29, 1.82) is 0 Å². The summed E-state index contributed by atoms with van der Waals surface area (Å²) in [5, 5.41) is 5.77. The molecule has 0 aliphatic heterocycles. The molecule has 1 unspecified atom stereocenters. The minimum atomic E-state index is -0.533. The molecule has 2 amide bonds. The number of ether oxygens (including phenoxy) is 1. The van der Waals surface area contributed by atoms with E-state index in [-0.39, 0.29) is 17.9 Å². The predicted molar refractivity (Wildman–Crippen MR) is 83.0 cm³/mol. The summed E-state index contributed by atoms with van der Waals surface area (Å²) in [6, 6.07) is -0.294. The van der Waals surface area contributed by atoms with Crippen LogP contribution in [0.2, 0.25) is 0 Å². The molecule has 5 nitrogen and oxygen atoms in total. The molecule has 1 saturated carbocycles. The third kappa shape index (κ3) is 6.82. The number of carbonyl (C=O) groups is 2. The molecule has 2 N–H and O–H groups in total. The highest BCUT2D eigenvalue weighted by Crippen LogP contribution is 2.17. The molecule has 1 fully saturated rings. The molecule has 0 spiro atoms. The average Bonchev–Trinajstić information content (AvgIpc) is 2.38. The van der Waals surface area contributed by atoms with Gasteiger partial charge >= 0.3 is 6.09 Å². The Bertz CT molecular complexity index is 323. The number of nitrogens with one attached hydrogen (secondary N) is 2. The van der Waals surface area contributed by atoms with Gasteiger partial charge in [-0.15, -0.1) is 0 Å². The van der Waals surface area contributed by atoms with Gasteiger partial charge in [-0.1, -0.05) is 46.0 Å². The molecule has 1 atom stereocenters. The van der Waals surface area contributed by atoms with Crippen LogP contribution in [-0.2, 0) is 9.53 Å². The normalized spacial score (nSPS) is 18.5. The number of rotatable bonds is 5. The summed E-state index contributed by atoms with van der Waals surface area (Å²) >= 11 is 0. The molecule has 5 heteroatoms. The zero-order valence-corrected chi connectivity index (χ0v) is 13.6. The van der Waals surface area contributed by atoms with Gasteiger partial charge < -0.3 is 15.4 Å². The van der Waals surface area contributed by atoms with Gasteiger partial charge in [-0.3, -0.25) is 4.79 Å². The summed E-state index contributed by atoms with van der Waals surface area (Å²) in [5.41, 5.74) is 0. The first-order chi connectivity index (χ1) is 10.0. The largest absolute Gasteiger partial charge is 0.450 e. The lowest BCUT2D eigenvalue weighted by atomic mass is 9.95. The van der Waals surface area contributed by atoms with Gasteiger partial charge in [0.1, 0.15) is 6.04 Å². The van der Waals surface area contributed by atoms with E-state index in [4.69, 9.17) is 4.74 Å². The van der Waals surface area contributed by atoms with Crippen molar-refractivity contribution in [1.82, 2.24) is 10.6 Å². The van der Waals surface area contributed by atoms with Crippen LogP contribution in [-0.4, -0.2) is 30.7 Å². The Kier molecular flexibility index (Phi) is 8.16. The first-order valence-corrected chi connectivity index (χ1v) is 8.28. The SMILES string of the molecule is CCOC(=O)NC(C(=O)NC1CCCCCCC1)C(C)C. The fraction of sp³-hybridized carbons (Fsp3) is 0.875. The molecule has 21 heavy (non-hydrogen) atoms. The van der Waals surface area contributed by atoms with E-state index in [0.29, 0.717) is 6.61 Å². The number of hydrogen-bond acceptors (Lipinski definition) is 3. The first-order valence-electron chi connectivity index (χ1n) is 8.28. The third-order valence-corrected chi connectivity index (χ3v) is 3.95. The summed E-state index contributed by atoms with van der Waals surface area (Å²) in [5.74, 6) is -0.0633. The highest BCUT2D eigenvalue weighted by molar-refractivity contribution is 5.86. The molecule has 122 valence electrons. The first kappa shape index (κ1) is 17.8. The molecule has 0 heterocycles. The van der Waals surface area contributed by atoms with Crippen molar-refractivity contribution in [2.24, 2.45) is 5.92 Å². The molecule has 0 radical (unpaired) electrons. The van der Waals surface area contributed by atoms with E-state index in [1.54, 1.807) is 6.92 Å². The molecule has 0 aromatic heterocycles. The Labute approximate surface area is 128 Å².